The van der Waals surface area contributed by atoms with Gasteiger partial charge in [-0.2, -0.15) is 5.53 Å². The maximum Gasteiger partial charge on any atom is 0.573 e. The molecule has 12 heteroatoms. The van der Waals surface area contributed by atoms with Crippen molar-refractivity contribution in [3.8, 4) is 11.5 Å². The molecule has 9 nitrogen and oxygen atoms in total. The Balaban J connectivity index is 1.06. The van der Waals surface area contributed by atoms with Crippen LogP contribution in [0.2, 0.25) is 0 Å². The second kappa shape index (κ2) is 9.23. The SMILES string of the molecule is O=C(COc1ccc(OC(F)(F)F)cc1)N1C[C@@H]2CN(C(=O)[C@@H]3CCC4NNNC4C3)C[C@H]2C1. The zero-order chi connectivity index (χ0) is 23.9. The van der Waals surface area contributed by atoms with Gasteiger partial charge in [0, 0.05) is 56.0 Å². The van der Waals surface area contributed by atoms with Crippen molar-refractivity contribution in [2.24, 2.45) is 17.8 Å². The fraction of sp³-hybridized carbons (Fsp3) is 0.636. The standard InChI is InChI=1S/C22H28F3N5O4/c23-22(24,25)34-17-4-2-16(3-5-17)33-12-20(31)29-8-14-10-30(11-15(14)9-29)21(32)13-1-6-18-19(7-13)27-28-26-18/h2-5,13-15,18-19,26-28H,1,6-12H2/t13-,14-,15-,18?,19?/m1/s1. The first kappa shape index (κ1) is 23.2. The van der Waals surface area contributed by atoms with Crippen molar-refractivity contribution in [3.63, 3.8) is 0 Å². The summed E-state index contributed by atoms with van der Waals surface area (Å²) in [5.41, 5.74) is 9.33. The van der Waals surface area contributed by atoms with Gasteiger partial charge in [0.05, 0.1) is 0 Å². The second-order valence-corrected chi connectivity index (χ2v) is 9.51. The third-order valence-corrected chi connectivity index (χ3v) is 7.28. The Morgan fingerprint density at radius 2 is 1.53 bits per heavy atom. The molecule has 3 aliphatic heterocycles. The molecule has 5 atom stereocenters. The van der Waals surface area contributed by atoms with E-state index in [0.717, 1.165) is 31.4 Å². The Bertz CT molecular complexity index is 901. The van der Waals surface area contributed by atoms with Crippen LogP contribution in [-0.2, 0) is 9.59 Å². The number of amides is 2. The number of likely N-dealkylation sites (tertiary alicyclic amines) is 2. The topological polar surface area (TPSA) is 95.2 Å². The van der Waals surface area contributed by atoms with Crippen molar-refractivity contribution in [2.75, 3.05) is 32.8 Å². The van der Waals surface area contributed by atoms with E-state index in [4.69, 9.17) is 4.74 Å². The monoisotopic (exact) mass is 483 g/mol. The molecular weight excluding hydrogens is 455 g/mol. The van der Waals surface area contributed by atoms with Crippen LogP contribution >= 0.6 is 0 Å². The van der Waals surface area contributed by atoms with E-state index in [0.29, 0.717) is 32.2 Å². The minimum absolute atomic E-state index is 0.0355. The zero-order valence-corrected chi connectivity index (χ0v) is 18.5. The quantitative estimate of drug-likeness (QED) is 0.576. The highest BCUT2D eigenvalue weighted by Gasteiger charge is 2.45. The number of ether oxygens (including phenoxy) is 2. The summed E-state index contributed by atoms with van der Waals surface area (Å²) < 4.78 is 46.0. The predicted molar refractivity (Wildman–Crippen MR) is 113 cm³/mol. The number of nitrogens with one attached hydrogen (secondary N) is 3. The molecule has 0 aromatic heterocycles. The number of hydrogen-bond donors (Lipinski definition) is 3. The number of alkyl halides is 3. The van der Waals surface area contributed by atoms with Gasteiger partial charge in [0.25, 0.3) is 5.91 Å². The van der Waals surface area contributed by atoms with E-state index in [9.17, 15) is 22.8 Å². The van der Waals surface area contributed by atoms with Gasteiger partial charge in [-0.3, -0.25) is 9.59 Å². The lowest BCUT2D eigenvalue weighted by Gasteiger charge is -2.32. The predicted octanol–water partition coefficient (Wildman–Crippen LogP) is 1.03. The number of benzene rings is 1. The van der Waals surface area contributed by atoms with Gasteiger partial charge in [-0.15, -0.1) is 13.2 Å². The number of halogens is 3. The zero-order valence-electron chi connectivity index (χ0n) is 18.5. The fourth-order valence-electron chi connectivity index (χ4n) is 5.56. The Hall–Kier alpha value is -2.57. The molecule has 1 saturated carbocycles. The summed E-state index contributed by atoms with van der Waals surface area (Å²) in [5.74, 6) is 0.545. The molecule has 2 unspecified atom stereocenters. The maximum absolute atomic E-state index is 13.1. The van der Waals surface area contributed by atoms with Gasteiger partial charge in [0.2, 0.25) is 5.91 Å². The molecule has 1 aromatic rings. The van der Waals surface area contributed by atoms with Crippen LogP contribution < -0.4 is 25.9 Å². The van der Waals surface area contributed by atoms with Crippen LogP contribution in [-0.4, -0.2) is 72.8 Å². The smallest absolute Gasteiger partial charge is 0.484 e. The normalized spacial score (nSPS) is 30.7. The number of fused-ring (bicyclic) bond motifs is 2. The summed E-state index contributed by atoms with van der Waals surface area (Å²) in [7, 11) is 0. The van der Waals surface area contributed by atoms with Gasteiger partial charge in [-0.05, 0) is 43.5 Å². The van der Waals surface area contributed by atoms with Gasteiger partial charge in [-0.25, -0.2) is 10.9 Å². The summed E-state index contributed by atoms with van der Waals surface area (Å²) in [6.45, 7) is 2.31. The van der Waals surface area contributed by atoms with Crippen molar-refractivity contribution in [3.05, 3.63) is 24.3 Å². The highest BCUT2D eigenvalue weighted by Crippen LogP contribution is 2.34. The van der Waals surface area contributed by atoms with Crippen LogP contribution in [0.15, 0.2) is 24.3 Å². The molecular formula is C22H28F3N5O4. The first-order valence-corrected chi connectivity index (χ1v) is 11.6. The third kappa shape index (κ3) is 5.08. The van der Waals surface area contributed by atoms with Crippen LogP contribution in [0, 0.1) is 17.8 Å². The average Bonchev–Trinajstić information content (AvgIpc) is 3.51. The average molecular weight is 483 g/mol. The Labute approximate surface area is 194 Å². The minimum atomic E-state index is -4.76. The molecule has 3 saturated heterocycles. The number of carbonyl (C=O) groups excluding carboxylic acids is 2. The van der Waals surface area contributed by atoms with Gasteiger partial charge < -0.3 is 19.3 Å². The molecule has 34 heavy (non-hydrogen) atoms. The van der Waals surface area contributed by atoms with Gasteiger partial charge >= 0.3 is 6.36 Å². The lowest BCUT2D eigenvalue weighted by atomic mass is 9.82. The fourth-order valence-corrected chi connectivity index (χ4v) is 5.56. The van der Waals surface area contributed by atoms with E-state index in [1.54, 1.807) is 4.90 Å². The maximum atomic E-state index is 13.1. The van der Waals surface area contributed by atoms with Crippen LogP contribution in [0.3, 0.4) is 0 Å². The van der Waals surface area contributed by atoms with Crippen molar-refractivity contribution in [2.45, 2.75) is 37.7 Å². The number of hydrogen-bond acceptors (Lipinski definition) is 7. The highest BCUT2D eigenvalue weighted by atomic mass is 19.4. The van der Waals surface area contributed by atoms with Crippen molar-refractivity contribution < 1.29 is 32.2 Å². The van der Waals surface area contributed by atoms with E-state index in [1.807, 2.05) is 4.90 Å². The van der Waals surface area contributed by atoms with Crippen LogP contribution in [0.25, 0.3) is 0 Å². The molecule has 0 spiro atoms. The number of carbonyl (C=O) groups is 2. The summed E-state index contributed by atoms with van der Waals surface area (Å²) in [4.78, 5) is 29.4. The van der Waals surface area contributed by atoms with Crippen LogP contribution in [0.5, 0.6) is 11.5 Å². The molecule has 4 aliphatic rings. The van der Waals surface area contributed by atoms with E-state index >= 15 is 0 Å². The molecule has 1 aliphatic carbocycles. The van der Waals surface area contributed by atoms with E-state index < -0.39 is 6.36 Å². The summed E-state index contributed by atoms with van der Waals surface area (Å²) in [5, 5.41) is 0. The molecule has 2 amide bonds. The molecule has 186 valence electrons. The molecule has 3 heterocycles. The highest BCUT2D eigenvalue weighted by molar-refractivity contribution is 5.80. The molecule has 0 bridgehead atoms. The minimum Gasteiger partial charge on any atom is -0.484 e. The van der Waals surface area contributed by atoms with Gasteiger partial charge in [0.15, 0.2) is 6.61 Å². The molecule has 5 rings (SSSR count). The van der Waals surface area contributed by atoms with Crippen molar-refractivity contribution in [1.29, 1.82) is 0 Å². The van der Waals surface area contributed by atoms with Crippen molar-refractivity contribution in [1.82, 2.24) is 26.2 Å². The summed E-state index contributed by atoms with van der Waals surface area (Å²) >= 11 is 0. The second-order valence-electron chi connectivity index (χ2n) is 9.51. The largest absolute Gasteiger partial charge is 0.573 e. The van der Waals surface area contributed by atoms with Gasteiger partial charge in [-0.1, -0.05) is 0 Å². The first-order valence-electron chi connectivity index (χ1n) is 11.6. The third-order valence-electron chi connectivity index (χ3n) is 7.28. The Kier molecular flexibility index (Phi) is 6.30. The Morgan fingerprint density at radius 1 is 0.912 bits per heavy atom. The van der Waals surface area contributed by atoms with E-state index in [1.165, 1.54) is 12.1 Å². The Morgan fingerprint density at radius 3 is 2.21 bits per heavy atom. The first-order chi connectivity index (χ1) is 16.2. The molecule has 3 N–H and O–H groups in total. The molecule has 0 radical (unpaired) electrons. The van der Waals surface area contributed by atoms with Crippen molar-refractivity contribution >= 4 is 11.8 Å². The summed E-state index contributed by atoms with van der Waals surface area (Å²) in [6.07, 6.45) is -2.09. The van der Waals surface area contributed by atoms with Crippen LogP contribution in [0.1, 0.15) is 19.3 Å². The van der Waals surface area contributed by atoms with E-state index in [2.05, 4.69) is 21.1 Å². The molecule has 4 fully saturated rings. The number of rotatable bonds is 5. The van der Waals surface area contributed by atoms with E-state index in [-0.39, 0.29) is 53.7 Å². The van der Waals surface area contributed by atoms with Crippen LogP contribution in [0.4, 0.5) is 13.2 Å². The summed E-state index contributed by atoms with van der Waals surface area (Å²) in [6, 6.07) is 5.58. The molecule has 1 aromatic carbocycles. The van der Waals surface area contributed by atoms with Gasteiger partial charge in [0.1, 0.15) is 11.5 Å². The number of hydrazine groups is 2. The lowest BCUT2D eigenvalue weighted by Crippen LogP contribution is -2.45. The lowest BCUT2D eigenvalue weighted by molar-refractivity contribution is -0.274. The number of nitrogens with zero attached hydrogens (tertiary/aromatic N) is 2.